The number of piperazine rings is 1. The van der Waals surface area contributed by atoms with Gasteiger partial charge in [-0.15, -0.1) is 0 Å². The van der Waals surface area contributed by atoms with E-state index in [1.165, 1.54) is 6.92 Å². The second kappa shape index (κ2) is 7.98. The monoisotopic (exact) mass is 356 g/mol. The van der Waals surface area contributed by atoms with E-state index in [2.05, 4.69) is 27.4 Å². The van der Waals surface area contributed by atoms with Gasteiger partial charge in [-0.2, -0.15) is 5.01 Å². The number of carbonyl (C=O) groups is 2. The van der Waals surface area contributed by atoms with Gasteiger partial charge in [0.2, 0.25) is 11.2 Å². The number of hydrogen-bond donors (Lipinski definition) is 1. The fraction of sp³-hybridized carbons (Fsp3) is 0.733. The van der Waals surface area contributed by atoms with Crippen LogP contribution in [0.4, 0.5) is 5.88 Å². The first-order valence-electron chi connectivity index (χ1n) is 8.13. The lowest BCUT2D eigenvalue weighted by molar-refractivity contribution is -0.759. The van der Waals surface area contributed by atoms with Crippen molar-refractivity contribution in [2.75, 3.05) is 48.8 Å². The Morgan fingerprint density at radius 1 is 1.38 bits per heavy atom. The second-order valence-electron chi connectivity index (χ2n) is 6.49. The summed E-state index contributed by atoms with van der Waals surface area (Å²) < 4.78 is 5.21. The number of likely N-dealkylation sites (N-methyl/N-ethyl adjacent to an activating group) is 1. The van der Waals surface area contributed by atoms with Crippen molar-refractivity contribution < 1.29 is 18.9 Å². The van der Waals surface area contributed by atoms with Gasteiger partial charge in [-0.25, -0.2) is 0 Å². The van der Waals surface area contributed by atoms with E-state index in [9.17, 15) is 9.59 Å². The van der Waals surface area contributed by atoms with Crippen LogP contribution in [0.15, 0.2) is 10.7 Å². The molecule has 1 aliphatic rings. The minimum absolute atomic E-state index is 0.000367. The van der Waals surface area contributed by atoms with Crippen molar-refractivity contribution in [3.05, 3.63) is 6.20 Å². The third kappa shape index (κ3) is 4.94. The molecule has 1 amide bonds. The van der Waals surface area contributed by atoms with Crippen molar-refractivity contribution in [1.29, 1.82) is 0 Å². The fourth-order valence-corrected chi connectivity index (χ4v) is 3.01. The van der Waals surface area contributed by atoms with E-state index >= 15 is 0 Å². The molecule has 9 heteroatoms. The summed E-state index contributed by atoms with van der Waals surface area (Å²) in [6.45, 7) is 12.0. The summed E-state index contributed by atoms with van der Waals surface area (Å²) in [5, 5.41) is 8.78. The molecule has 1 aromatic rings. The van der Waals surface area contributed by atoms with E-state index < -0.39 is 5.41 Å². The number of nitrogens with one attached hydrogen (secondary N) is 1. The highest BCUT2D eigenvalue weighted by molar-refractivity contribution is 8.13. The van der Waals surface area contributed by atoms with Gasteiger partial charge in [0.25, 0.3) is 6.20 Å². The molecule has 0 bridgehead atoms. The second-order valence-corrected chi connectivity index (χ2v) is 7.65. The average Bonchev–Trinajstić information content (AvgIpc) is 3.01. The van der Waals surface area contributed by atoms with Gasteiger partial charge in [-0.05, 0) is 6.54 Å². The van der Waals surface area contributed by atoms with Crippen LogP contribution in [-0.4, -0.2) is 59.7 Å². The zero-order valence-corrected chi connectivity index (χ0v) is 15.6. The molecular weight excluding hydrogens is 330 g/mol. The predicted octanol–water partition coefficient (Wildman–Crippen LogP) is 0.480. The molecule has 134 valence electrons. The van der Waals surface area contributed by atoms with Gasteiger partial charge >= 0.3 is 5.88 Å². The number of thioether (sulfide) groups is 1. The zero-order chi connectivity index (χ0) is 17.7. The van der Waals surface area contributed by atoms with Crippen LogP contribution in [0.5, 0.6) is 0 Å². The van der Waals surface area contributed by atoms with E-state index in [0.717, 1.165) is 44.5 Å². The molecule has 0 saturated carbocycles. The highest BCUT2D eigenvalue weighted by Gasteiger charge is 2.31. The zero-order valence-electron chi connectivity index (χ0n) is 14.7. The summed E-state index contributed by atoms with van der Waals surface area (Å²) in [6.07, 6.45) is 1.67. The van der Waals surface area contributed by atoms with Crippen molar-refractivity contribution in [3.8, 4) is 0 Å². The summed E-state index contributed by atoms with van der Waals surface area (Å²) >= 11 is 1.14. The first-order chi connectivity index (χ1) is 11.3. The Hall–Kier alpha value is -1.61. The summed E-state index contributed by atoms with van der Waals surface area (Å²) in [6, 6.07) is 0. The Bertz CT molecular complexity index is 581. The minimum Gasteiger partial charge on any atom is -0.300 e. The molecule has 1 aliphatic heterocycles. The summed E-state index contributed by atoms with van der Waals surface area (Å²) in [5.74, 6) is 0.524. The van der Waals surface area contributed by atoms with Crippen molar-refractivity contribution in [2.45, 2.75) is 27.7 Å². The molecule has 1 fully saturated rings. The number of rotatable bonds is 6. The van der Waals surface area contributed by atoms with E-state index in [1.807, 2.05) is 0 Å². The first kappa shape index (κ1) is 18.7. The smallest absolute Gasteiger partial charge is 0.300 e. The Labute approximate surface area is 146 Å². The summed E-state index contributed by atoms with van der Waals surface area (Å²) in [7, 11) is 0. The molecule has 0 radical (unpaired) electrons. The van der Waals surface area contributed by atoms with Gasteiger partial charge in [0.1, 0.15) is 0 Å². The number of hydrogen-bond acceptors (Lipinski definition) is 7. The molecule has 2 rings (SSSR count). The molecule has 0 unspecified atom stereocenters. The van der Waals surface area contributed by atoms with Crippen molar-refractivity contribution in [3.63, 3.8) is 0 Å². The lowest BCUT2D eigenvalue weighted by Crippen LogP contribution is -2.65. The predicted molar refractivity (Wildman–Crippen MR) is 92.3 cm³/mol. The van der Waals surface area contributed by atoms with Crippen LogP contribution in [0.25, 0.3) is 0 Å². The standard InChI is InChI=1S/C15H25N5O3S/c1-5-18-6-8-19(9-7-18)20-10-13(23-17-20)16-14(22)15(3,4)11-24-12(2)21/h10H,5-9,11H2,1-4H3/p+1. The molecule has 24 heavy (non-hydrogen) atoms. The molecule has 0 spiro atoms. The quantitative estimate of drug-likeness (QED) is 0.742. The SMILES string of the molecule is CCN1CCN([n+]2cc(NC(=O)C(C)(C)CSC(C)=O)on2)CC1. The molecule has 1 N–H and O–H groups in total. The largest absolute Gasteiger partial charge is 0.305 e. The van der Waals surface area contributed by atoms with Crippen LogP contribution in [0, 0.1) is 5.41 Å². The Morgan fingerprint density at radius 2 is 2.04 bits per heavy atom. The van der Waals surface area contributed by atoms with Crippen LogP contribution in [0.1, 0.15) is 27.7 Å². The third-order valence-corrected chi connectivity index (χ3v) is 5.30. The van der Waals surface area contributed by atoms with Gasteiger partial charge < -0.3 is 0 Å². The molecule has 1 saturated heterocycles. The molecule has 0 aromatic carbocycles. The van der Waals surface area contributed by atoms with E-state index in [0.29, 0.717) is 11.6 Å². The highest BCUT2D eigenvalue weighted by Crippen LogP contribution is 2.24. The molecule has 8 nitrogen and oxygen atoms in total. The number of amides is 1. The minimum atomic E-state index is -0.680. The molecule has 0 atom stereocenters. The normalized spacial score (nSPS) is 16.2. The Morgan fingerprint density at radius 3 is 2.62 bits per heavy atom. The van der Waals surface area contributed by atoms with Crippen LogP contribution >= 0.6 is 11.8 Å². The molecular formula is C15H26N5O3S+. The first-order valence-corrected chi connectivity index (χ1v) is 9.11. The number of nitrogens with zero attached hydrogens (tertiary/aromatic N) is 4. The van der Waals surface area contributed by atoms with E-state index in [-0.39, 0.29) is 11.0 Å². The van der Waals surface area contributed by atoms with Crippen LogP contribution in [0.2, 0.25) is 0 Å². The maximum Gasteiger partial charge on any atom is 0.305 e. The maximum atomic E-state index is 12.4. The number of aromatic nitrogens is 2. The molecule has 2 heterocycles. The molecule has 1 aromatic heterocycles. The summed E-state index contributed by atoms with van der Waals surface area (Å²) in [5.41, 5.74) is -0.680. The topological polar surface area (TPSA) is 82.6 Å². The molecule has 0 aliphatic carbocycles. The van der Waals surface area contributed by atoms with Gasteiger partial charge in [-0.3, -0.25) is 24.3 Å². The van der Waals surface area contributed by atoms with Crippen molar-refractivity contribution in [2.24, 2.45) is 5.41 Å². The van der Waals surface area contributed by atoms with E-state index in [4.69, 9.17) is 4.52 Å². The third-order valence-electron chi connectivity index (χ3n) is 4.03. The highest BCUT2D eigenvalue weighted by atomic mass is 32.2. The summed E-state index contributed by atoms with van der Waals surface area (Å²) in [4.78, 5) is 27.5. The lowest BCUT2D eigenvalue weighted by Gasteiger charge is -2.28. The number of carbonyl (C=O) groups excluding carboxylic acids is 2. The van der Waals surface area contributed by atoms with E-state index in [1.54, 1.807) is 24.8 Å². The van der Waals surface area contributed by atoms with Crippen molar-refractivity contribution in [1.82, 2.24) is 10.2 Å². The Balaban J connectivity index is 1.91. The van der Waals surface area contributed by atoms with Gasteiger partial charge in [0, 0.05) is 25.8 Å². The van der Waals surface area contributed by atoms with Gasteiger partial charge in [0.05, 0.1) is 23.3 Å². The number of anilines is 1. The van der Waals surface area contributed by atoms with Crippen LogP contribution < -0.4 is 15.1 Å². The lowest BCUT2D eigenvalue weighted by atomic mass is 9.95. The van der Waals surface area contributed by atoms with Crippen LogP contribution in [-0.2, 0) is 9.59 Å². The van der Waals surface area contributed by atoms with Gasteiger partial charge in [-0.1, -0.05) is 32.5 Å². The fourth-order valence-electron chi connectivity index (χ4n) is 2.31. The van der Waals surface area contributed by atoms with Crippen LogP contribution in [0.3, 0.4) is 0 Å². The Kier molecular flexibility index (Phi) is 6.22. The van der Waals surface area contributed by atoms with Gasteiger partial charge in [0.15, 0.2) is 5.12 Å². The van der Waals surface area contributed by atoms with Crippen molar-refractivity contribution >= 4 is 28.7 Å². The average molecular weight is 356 g/mol. The maximum absolute atomic E-state index is 12.4.